The number of rotatable bonds is 6. The summed E-state index contributed by atoms with van der Waals surface area (Å²) in [5.74, 6) is 0.641. The van der Waals surface area contributed by atoms with Gasteiger partial charge in [0.2, 0.25) is 0 Å². The fourth-order valence-corrected chi connectivity index (χ4v) is 4.13. The van der Waals surface area contributed by atoms with Gasteiger partial charge >= 0.3 is 0 Å². The van der Waals surface area contributed by atoms with Crippen molar-refractivity contribution in [2.45, 2.75) is 40.5 Å². The van der Waals surface area contributed by atoms with Crippen molar-refractivity contribution in [1.82, 2.24) is 0 Å². The average molecular weight is 430 g/mol. The molecule has 3 nitrogen and oxygen atoms in total. The number of nitrogens with one attached hydrogen (secondary N) is 1. The molecule has 2 N–H and O–H groups in total. The van der Waals surface area contributed by atoms with Crippen LogP contribution in [0.4, 0.5) is 5.69 Å². The van der Waals surface area contributed by atoms with Crippen LogP contribution >= 0.6 is 23.2 Å². The van der Waals surface area contributed by atoms with Crippen LogP contribution in [0.5, 0.6) is 11.5 Å². The monoisotopic (exact) mass is 429 g/mol. The number of anilines is 1. The molecule has 0 aromatic heterocycles. The molecule has 0 radical (unpaired) electrons. The van der Waals surface area contributed by atoms with Crippen molar-refractivity contribution in [3.8, 4) is 22.6 Å². The van der Waals surface area contributed by atoms with Gasteiger partial charge in [0.15, 0.2) is 5.75 Å². The lowest BCUT2D eigenvalue weighted by Crippen LogP contribution is -2.11. The van der Waals surface area contributed by atoms with Crippen LogP contribution in [0.3, 0.4) is 0 Å². The molecule has 3 rings (SSSR count). The van der Waals surface area contributed by atoms with Gasteiger partial charge in [0, 0.05) is 5.56 Å². The molecule has 0 aliphatic carbocycles. The van der Waals surface area contributed by atoms with Gasteiger partial charge in [0.05, 0.1) is 15.7 Å². The van der Waals surface area contributed by atoms with Crippen molar-refractivity contribution in [3.05, 3.63) is 74.8 Å². The first-order chi connectivity index (χ1) is 13.9. The predicted octanol–water partition coefficient (Wildman–Crippen LogP) is 7.51. The zero-order valence-electron chi connectivity index (χ0n) is 17.1. The van der Waals surface area contributed by atoms with Gasteiger partial charge in [0.1, 0.15) is 5.75 Å². The second-order valence-electron chi connectivity index (χ2n) is 7.01. The maximum absolute atomic E-state index is 10.2. The Labute approximate surface area is 182 Å². The lowest BCUT2D eigenvalue weighted by Gasteiger charge is -2.23. The summed E-state index contributed by atoms with van der Waals surface area (Å²) in [5.41, 5.74) is 10.3. The molecule has 3 aromatic carbocycles. The van der Waals surface area contributed by atoms with Crippen LogP contribution in [0.25, 0.3) is 11.1 Å². The molecule has 0 atom stereocenters. The molecule has 0 fully saturated rings. The fraction of sp³-hybridized carbons (Fsp3) is 0.250. The Kier molecular flexibility index (Phi) is 6.61. The van der Waals surface area contributed by atoms with E-state index in [1.165, 1.54) is 5.56 Å². The topological polar surface area (TPSA) is 41.5 Å². The first-order valence-corrected chi connectivity index (χ1v) is 10.5. The summed E-state index contributed by atoms with van der Waals surface area (Å²) >= 11 is 12.8. The van der Waals surface area contributed by atoms with Crippen LogP contribution in [0.1, 0.15) is 36.1 Å². The summed E-state index contributed by atoms with van der Waals surface area (Å²) in [4.78, 5) is 5.83. The zero-order chi connectivity index (χ0) is 21.1. The summed E-state index contributed by atoms with van der Waals surface area (Å²) in [7, 11) is 0. The molecule has 0 heterocycles. The van der Waals surface area contributed by atoms with Gasteiger partial charge in [-0.2, -0.15) is 0 Å². The van der Waals surface area contributed by atoms with Crippen LogP contribution < -0.4 is 10.3 Å². The van der Waals surface area contributed by atoms with E-state index < -0.39 is 0 Å². The Hall–Kier alpha value is -2.36. The Balaban J connectivity index is 2.18. The average Bonchev–Trinajstić information content (AvgIpc) is 2.71. The Morgan fingerprint density at radius 1 is 0.931 bits per heavy atom. The summed E-state index contributed by atoms with van der Waals surface area (Å²) < 4.78 is 0. The van der Waals surface area contributed by atoms with Crippen molar-refractivity contribution in [3.63, 3.8) is 0 Å². The van der Waals surface area contributed by atoms with E-state index in [4.69, 9.17) is 28.0 Å². The van der Waals surface area contributed by atoms with Gasteiger partial charge in [-0.1, -0.05) is 61.3 Å². The van der Waals surface area contributed by atoms with Gasteiger partial charge in [-0.05, 0) is 72.7 Å². The molecule has 0 aliphatic rings. The third-order valence-corrected chi connectivity index (χ3v) is 5.82. The first-order valence-electron chi connectivity index (χ1n) is 9.70. The van der Waals surface area contributed by atoms with E-state index in [1.807, 2.05) is 31.2 Å². The number of para-hydroxylation sites is 1. The molecule has 0 spiro atoms. The largest absolute Gasteiger partial charge is 0.506 e. The lowest BCUT2D eigenvalue weighted by atomic mass is 9.86. The summed E-state index contributed by atoms with van der Waals surface area (Å²) in [5, 5.41) is 11.1. The van der Waals surface area contributed by atoms with Crippen LogP contribution in [0.15, 0.2) is 42.5 Å². The van der Waals surface area contributed by atoms with E-state index in [2.05, 4.69) is 32.3 Å². The quantitative estimate of drug-likeness (QED) is 0.398. The molecular weight excluding hydrogens is 405 g/mol. The second-order valence-corrected chi connectivity index (χ2v) is 7.80. The number of halogens is 2. The third kappa shape index (κ3) is 4.17. The maximum Gasteiger partial charge on any atom is 0.173 e. The van der Waals surface area contributed by atoms with E-state index in [0.29, 0.717) is 15.8 Å². The van der Waals surface area contributed by atoms with Gasteiger partial charge in [-0.3, -0.25) is 0 Å². The smallest absolute Gasteiger partial charge is 0.173 e. The van der Waals surface area contributed by atoms with Gasteiger partial charge in [0.25, 0.3) is 0 Å². The zero-order valence-corrected chi connectivity index (χ0v) is 18.6. The molecule has 0 aliphatic heterocycles. The van der Waals surface area contributed by atoms with Crippen LogP contribution in [-0.2, 0) is 12.8 Å². The minimum Gasteiger partial charge on any atom is -0.506 e. The Morgan fingerprint density at radius 3 is 2.31 bits per heavy atom. The number of hydrogen-bond donors (Lipinski definition) is 2. The number of aromatic hydroxyl groups is 1. The first kappa shape index (κ1) is 21.4. The Morgan fingerprint density at radius 2 is 1.66 bits per heavy atom. The summed E-state index contributed by atoms with van der Waals surface area (Å²) in [6, 6.07) is 13.0. The maximum atomic E-state index is 10.2. The summed E-state index contributed by atoms with van der Waals surface area (Å²) in [6.07, 6.45) is 1.61. The highest BCUT2D eigenvalue weighted by atomic mass is 35.5. The van der Waals surface area contributed by atoms with Gasteiger partial charge < -0.3 is 9.94 Å². The SMILES string of the molecule is CCc1cc(C)c(NOc2ccccc2Cl)c(CC)c1-c1c(C)ccc(O)c1Cl. The van der Waals surface area contributed by atoms with E-state index in [1.54, 1.807) is 12.1 Å². The number of phenolic OH excluding ortho intramolecular Hbond substituents is 1. The van der Waals surface area contributed by atoms with Crippen molar-refractivity contribution in [2.24, 2.45) is 0 Å². The number of hydrogen-bond acceptors (Lipinski definition) is 3. The molecule has 29 heavy (non-hydrogen) atoms. The molecule has 152 valence electrons. The standard InChI is InChI=1S/C24H25Cl2NO2/c1-5-16-13-15(4)24(27-29-20-10-8-7-9-18(20)25)17(6-2)22(16)21-14(3)11-12-19(28)23(21)26/h7-13,27-28H,5-6H2,1-4H3. The van der Waals surface area contributed by atoms with E-state index >= 15 is 0 Å². The minimum absolute atomic E-state index is 0.0822. The second kappa shape index (κ2) is 8.98. The number of benzene rings is 3. The number of phenols is 1. The molecule has 0 amide bonds. The van der Waals surface area contributed by atoms with E-state index in [-0.39, 0.29) is 5.75 Å². The molecule has 0 unspecified atom stereocenters. The highest BCUT2D eigenvalue weighted by Crippen LogP contribution is 2.44. The molecule has 3 aromatic rings. The van der Waals surface area contributed by atoms with Gasteiger partial charge in [-0.25, -0.2) is 5.48 Å². The molecular formula is C24H25Cl2NO2. The highest BCUT2D eigenvalue weighted by Gasteiger charge is 2.21. The van der Waals surface area contributed by atoms with Crippen molar-refractivity contribution in [2.75, 3.05) is 5.48 Å². The van der Waals surface area contributed by atoms with Crippen molar-refractivity contribution in [1.29, 1.82) is 0 Å². The van der Waals surface area contributed by atoms with Crippen molar-refractivity contribution < 1.29 is 9.94 Å². The highest BCUT2D eigenvalue weighted by molar-refractivity contribution is 6.35. The Bertz CT molecular complexity index is 1050. The van der Waals surface area contributed by atoms with E-state index in [0.717, 1.165) is 46.3 Å². The van der Waals surface area contributed by atoms with Crippen molar-refractivity contribution >= 4 is 28.9 Å². The van der Waals surface area contributed by atoms with Crippen LogP contribution in [-0.4, -0.2) is 5.11 Å². The van der Waals surface area contributed by atoms with Gasteiger partial charge in [-0.15, -0.1) is 0 Å². The van der Waals surface area contributed by atoms with E-state index in [9.17, 15) is 5.11 Å². The molecule has 5 heteroatoms. The molecule has 0 saturated carbocycles. The fourth-order valence-electron chi connectivity index (χ4n) is 3.65. The molecule has 0 saturated heterocycles. The lowest BCUT2D eigenvalue weighted by molar-refractivity contribution is 0.404. The minimum atomic E-state index is 0.0822. The van der Waals surface area contributed by atoms with Crippen LogP contribution in [0.2, 0.25) is 10.0 Å². The normalized spacial score (nSPS) is 10.8. The predicted molar refractivity (Wildman–Crippen MR) is 122 cm³/mol. The third-order valence-electron chi connectivity index (χ3n) is 5.12. The number of aryl methyl sites for hydroxylation is 3. The molecule has 0 bridgehead atoms. The summed E-state index contributed by atoms with van der Waals surface area (Å²) in [6.45, 7) is 8.28. The van der Waals surface area contributed by atoms with Crippen LogP contribution in [0, 0.1) is 13.8 Å².